The van der Waals surface area contributed by atoms with Crippen LogP contribution in [0.1, 0.15) is 34.6 Å². The summed E-state index contributed by atoms with van der Waals surface area (Å²) in [5.74, 6) is -0.320. The summed E-state index contributed by atoms with van der Waals surface area (Å²) in [6.45, 7) is 9.28. The topological polar surface area (TPSA) is 73.6 Å². The van der Waals surface area contributed by atoms with Crippen LogP contribution in [-0.4, -0.2) is 46.1 Å². The van der Waals surface area contributed by atoms with Gasteiger partial charge >= 0.3 is 13.5 Å². The number of ether oxygens (including phenoxy) is 1. The van der Waals surface area contributed by atoms with Crippen LogP contribution in [-0.2, 0) is 20.7 Å². The number of aliphatic hydroxyl groups is 1. The Morgan fingerprint density at radius 1 is 1.45 bits per heavy atom. The third kappa shape index (κ3) is 4.65. The van der Waals surface area contributed by atoms with Crippen LogP contribution >= 0.6 is 0 Å². The van der Waals surface area contributed by atoms with E-state index in [4.69, 9.17) is 9.39 Å². The molecule has 1 N–H and O–H groups in total. The van der Waals surface area contributed by atoms with Gasteiger partial charge in [0.2, 0.25) is 0 Å². The van der Waals surface area contributed by atoms with Crippen LogP contribution in [0.15, 0.2) is 12.4 Å². The van der Waals surface area contributed by atoms with Crippen LogP contribution in [0, 0.1) is 0 Å². The van der Waals surface area contributed by atoms with E-state index in [2.05, 4.69) is 5.10 Å². The summed E-state index contributed by atoms with van der Waals surface area (Å²) in [6.07, 6.45) is 3.37. The molecule has 0 bridgehead atoms. The Labute approximate surface area is 120 Å². The minimum absolute atomic E-state index is 0.0860. The number of esters is 1. The molecule has 1 aromatic heterocycles. The molecule has 7 heteroatoms. The van der Waals surface area contributed by atoms with Crippen LogP contribution in [0.4, 0.5) is 0 Å². The minimum atomic E-state index is -0.950. The smallest absolute Gasteiger partial charge is 0.327 e. The van der Waals surface area contributed by atoms with Gasteiger partial charge in [-0.25, -0.2) is 0 Å². The van der Waals surface area contributed by atoms with E-state index < -0.39 is 11.2 Å². The molecule has 0 amide bonds. The normalized spacial score (nSPS) is 12.3. The predicted octanol–water partition coefficient (Wildman–Crippen LogP) is -0.0109. The van der Waals surface area contributed by atoms with Gasteiger partial charge in [0.05, 0.1) is 17.8 Å². The lowest BCUT2D eigenvalue weighted by Gasteiger charge is -2.37. The Balaban J connectivity index is 2.55. The maximum atomic E-state index is 11.3. The second kappa shape index (κ2) is 6.41. The first kappa shape index (κ1) is 16.7. The third-order valence-electron chi connectivity index (χ3n) is 3.36. The molecule has 0 atom stereocenters. The molecule has 0 spiro atoms. The fourth-order valence-electron chi connectivity index (χ4n) is 1.35. The Morgan fingerprint density at radius 3 is 2.65 bits per heavy atom. The number of carbonyl (C=O) groups is 1. The highest BCUT2D eigenvalue weighted by Crippen LogP contribution is 2.24. The van der Waals surface area contributed by atoms with Crippen LogP contribution in [0.25, 0.3) is 0 Å². The summed E-state index contributed by atoms with van der Waals surface area (Å²) in [7, 11) is 0.319. The van der Waals surface area contributed by atoms with E-state index >= 15 is 0 Å². The first-order chi connectivity index (χ1) is 9.15. The van der Waals surface area contributed by atoms with Crippen molar-refractivity contribution in [3.63, 3.8) is 0 Å². The molecule has 0 aliphatic rings. The highest BCUT2D eigenvalue weighted by molar-refractivity contribution is 6.46. The fourth-order valence-corrected chi connectivity index (χ4v) is 1.35. The van der Waals surface area contributed by atoms with Crippen molar-refractivity contribution in [3.05, 3.63) is 12.4 Å². The zero-order chi connectivity index (χ0) is 15.4. The lowest BCUT2D eigenvalue weighted by atomic mass is 9.84. The Hall–Kier alpha value is -1.34. The van der Waals surface area contributed by atoms with Crippen LogP contribution in [0.2, 0.25) is 0 Å². The van der Waals surface area contributed by atoms with Gasteiger partial charge in [0, 0.05) is 12.4 Å². The van der Waals surface area contributed by atoms with E-state index in [0.717, 1.165) is 5.46 Å². The molecule has 1 aromatic rings. The van der Waals surface area contributed by atoms with Crippen molar-refractivity contribution in [2.75, 3.05) is 6.61 Å². The standard InChI is InChI=1S/C13H23BN2O4/c1-6-19-11(17)9-16-8-10(7-15-16)14-20-13(4,5)12(2,3)18/h7-8,14,18H,6,9H2,1-5H3. The van der Waals surface area contributed by atoms with Crippen LogP contribution < -0.4 is 5.46 Å². The van der Waals surface area contributed by atoms with E-state index in [0.29, 0.717) is 14.1 Å². The van der Waals surface area contributed by atoms with Gasteiger partial charge < -0.3 is 14.5 Å². The third-order valence-corrected chi connectivity index (χ3v) is 3.36. The van der Waals surface area contributed by atoms with Gasteiger partial charge in [-0.1, -0.05) is 0 Å². The Morgan fingerprint density at radius 2 is 2.10 bits per heavy atom. The molecule has 1 rings (SSSR count). The Kier molecular flexibility index (Phi) is 5.36. The molecule has 0 unspecified atom stereocenters. The quantitative estimate of drug-likeness (QED) is 0.562. The molecular formula is C13H23BN2O4. The lowest BCUT2D eigenvalue weighted by molar-refractivity contribution is -0.144. The molecule has 0 fully saturated rings. The molecule has 20 heavy (non-hydrogen) atoms. The predicted molar refractivity (Wildman–Crippen MR) is 77.1 cm³/mol. The molecule has 0 aromatic carbocycles. The largest absolute Gasteiger partial charge is 0.465 e. The molecule has 1 heterocycles. The van der Waals surface area contributed by atoms with E-state index in [-0.39, 0.29) is 12.5 Å². The zero-order valence-electron chi connectivity index (χ0n) is 12.8. The average molecular weight is 282 g/mol. The second-order valence-electron chi connectivity index (χ2n) is 5.71. The number of hydrogen-bond acceptors (Lipinski definition) is 5. The van der Waals surface area contributed by atoms with E-state index in [1.807, 2.05) is 13.8 Å². The number of hydrogen-bond donors (Lipinski definition) is 1. The van der Waals surface area contributed by atoms with Crippen molar-refractivity contribution in [2.24, 2.45) is 0 Å². The van der Waals surface area contributed by atoms with Gasteiger partial charge in [-0.15, -0.1) is 0 Å². The monoisotopic (exact) mass is 282 g/mol. The summed E-state index contributed by atoms with van der Waals surface area (Å²) in [4.78, 5) is 11.3. The highest BCUT2D eigenvalue weighted by atomic mass is 16.5. The van der Waals surface area contributed by atoms with Gasteiger partial charge in [0.25, 0.3) is 0 Å². The lowest BCUT2D eigenvalue weighted by Crippen LogP contribution is -2.49. The first-order valence-corrected chi connectivity index (χ1v) is 6.69. The fraction of sp³-hybridized carbons (Fsp3) is 0.692. The summed E-state index contributed by atoms with van der Waals surface area (Å²) in [5, 5.41) is 14.1. The zero-order valence-corrected chi connectivity index (χ0v) is 12.8. The first-order valence-electron chi connectivity index (χ1n) is 6.69. The van der Waals surface area contributed by atoms with Crippen molar-refractivity contribution in [2.45, 2.75) is 52.4 Å². The van der Waals surface area contributed by atoms with Crippen LogP contribution in [0.5, 0.6) is 0 Å². The molecule has 6 nitrogen and oxygen atoms in total. The van der Waals surface area contributed by atoms with Crippen molar-refractivity contribution >= 4 is 18.9 Å². The van der Waals surface area contributed by atoms with Gasteiger partial charge in [-0.3, -0.25) is 9.48 Å². The van der Waals surface area contributed by atoms with E-state index in [1.165, 1.54) is 4.68 Å². The molecular weight excluding hydrogens is 259 g/mol. The highest BCUT2D eigenvalue weighted by Gasteiger charge is 2.35. The number of aromatic nitrogens is 2. The van der Waals surface area contributed by atoms with Crippen molar-refractivity contribution < 1.29 is 19.3 Å². The van der Waals surface area contributed by atoms with E-state index in [9.17, 15) is 9.90 Å². The van der Waals surface area contributed by atoms with Gasteiger partial charge in [-0.2, -0.15) is 5.10 Å². The summed E-state index contributed by atoms with van der Waals surface area (Å²) >= 11 is 0. The molecule has 0 aliphatic heterocycles. The molecule has 0 saturated heterocycles. The molecule has 0 aliphatic carbocycles. The average Bonchev–Trinajstić information content (AvgIpc) is 2.73. The van der Waals surface area contributed by atoms with Crippen molar-refractivity contribution in [1.82, 2.24) is 9.78 Å². The minimum Gasteiger partial charge on any atom is -0.465 e. The van der Waals surface area contributed by atoms with Crippen molar-refractivity contribution in [3.8, 4) is 0 Å². The molecule has 0 radical (unpaired) electrons. The molecule has 112 valence electrons. The summed E-state index contributed by atoms with van der Waals surface area (Å²) < 4.78 is 12.1. The summed E-state index contributed by atoms with van der Waals surface area (Å²) in [6, 6.07) is 0. The van der Waals surface area contributed by atoms with Gasteiger partial charge in [-0.05, 0) is 40.1 Å². The van der Waals surface area contributed by atoms with Crippen LogP contribution in [0.3, 0.4) is 0 Å². The Bertz CT molecular complexity index is 451. The SMILES string of the molecule is CCOC(=O)Cn1cc(BOC(C)(C)C(C)(C)O)cn1. The van der Waals surface area contributed by atoms with E-state index in [1.54, 1.807) is 33.2 Å². The maximum Gasteiger partial charge on any atom is 0.327 e. The molecule has 0 saturated carbocycles. The number of nitrogens with zero attached hydrogens (tertiary/aromatic N) is 2. The van der Waals surface area contributed by atoms with Gasteiger partial charge in [0.1, 0.15) is 6.54 Å². The maximum absolute atomic E-state index is 11.3. The van der Waals surface area contributed by atoms with Crippen molar-refractivity contribution in [1.29, 1.82) is 0 Å². The summed E-state index contributed by atoms with van der Waals surface area (Å²) in [5.41, 5.74) is -0.795. The number of rotatable bonds is 7. The van der Waals surface area contributed by atoms with Gasteiger partial charge in [0.15, 0.2) is 0 Å². The second-order valence-corrected chi connectivity index (χ2v) is 5.71. The number of carbonyl (C=O) groups excluding carboxylic acids is 1.